The van der Waals surface area contributed by atoms with Crippen LogP contribution in [0.4, 0.5) is 5.13 Å². The summed E-state index contributed by atoms with van der Waals surface area (Å²) < 4.78 is 5.54. The van der Waals surface area contributed by atoms with Crippen molar-refractivity contribution >= 4 is 39.4 Å². The Balaban J connectivity index is 1.49. The second kappa shape index (κ2) is 9.14. The van der Waals surface area contributed by atoms with Crippen molar-refractivity contribution in [2.24, 2.45) is 5.10 Å². The average Bonchev–Trinajstić information content (AvgIpc) is 3.16. The number of anilines is 1. The molecule has 0 aliphatic rings. The van der Waals surface area contributed by atoms with Gasteiger partial charge in [0.2, 0.25) is 0 Å². The summed E-state index contributed by atoms with van der Waals surface area (Å²) in [7, 11) is 0. The highest BCUT2D eigenvalue weighted by Gasteiger charge is 2.07. The lowest BCUT2D eigenvalue weighted by atomic mass is 10.1. The molecule has 27 heavy (non-hydrogen) atoms. The van der Waals surface area contributed by atoms with Crippen LogP contribution in [0, 0.1) is 0 Å². The molecule has 0 saturated heterocycles. The van der Waals surface area contributed by atoms with Crippen molar-refractivity contribution in [3.05, 3.63) is 53.5 Å². The molecule has 3 aromatic rings. The monoisotopic (exact) mass is 382 g/mol. The molecule has 0 spiro atoms. The van der Waals surface area contributed by atoms with E-state index in [9.17, 15) is 4.79 Å². The summed E-state index contributed by atoms with van der Waals surface area (Å²) in [6, 6.07) is 13.7. The lowest BCUT2D eigenvalue weighted by molar-refractivity contribution is -0.123. The second-order valence-electron chi connectivity index (χ2n) is 5.81. The van der Waals surface area contributed by atoms with Crippen molar-refractivity contribution in [2.75, 3.05) is 24.6 Å². The number of hydrogen-bond donors (Lipinski definition) is 1. The lowest BCUT2D eigenvalue weighted by Gasteiger charge is -2.16. The summed E-state index contributed by atoms with van der Waals surface area (Å²) in [6.07, 6.45) is 3.35. The van der Waals surface area contributed by atoms with Crippen molar-refractivity contribution < 1.29 is 9.53 Å². The quantitative estimate of drug-likeness (QED) is 0.477. The smallest absolute Gasteiger partial charge is 0.277 e. The van der Waals surface area contributed by atoms with Crippen molar-refractivity contribution in [2.45, 2.75) is 13.8 Å². The number of amides is 1. The van der Waals surface area contributed by atoms with E-state index in [0.29, 0.717) is 5.75 Å². The zero-order valence-electron chi connectivity index (χ0n) is 15.4. The van der Waals surface area contributed by atoms with Gasteiger partial charge < -0.3 is 9.64 Å². The van der Waals surface area contributed by atoms with E-state index < -0.39 is 0 Å². The fraction of sp³-hybridized carbons (Fsp3) is 0.250. The second-order valence-corrected chi connectivity index (χ2v) is 6.85. The molecule has 1 N–H and O–H groups in total. The molecule has 1 heterocycles. The SMILES string of the molecule is CCN(CC)c1ncc(/C=N\NC(=O)COc2ccc3ccccc3c2)s1. The van der Waals surface area contributed by atoms with E-state index in [1.807, 2.05) is 42.5 Å². The highest BCUT2D eigenvalue weighted by atomic mass is 32.1. The maximum atomic E-state index is 11.9. The molecular formula is C20H22N4O2S. The Kier molecular flexibility index (Phi) is 6.38. The minimum atomic E-state index is -0.312. The number of fused-ring (bicyclic) bond motifs is 1. The first-order chi connectivity index (χ1) is 13.2. The Hall–Kier alpha value is -2.93. The molecule has 0 aliphatic heterocycles. The minimum absolute atomic E-state index is 0.0942. The van der Waals surface area contributed by atoms with E-state index in [0.717, 1.165) is 33.9 Å². The third-order valence-corrected chi connectivity index (χ3v) is 5.01. The largest absolute Gasteiger partial charge is 0.484 e. The van der Waals surface area contributed by atoms with Crippen LogP contribution in [0.2, 0.25) is 0 Å². The van der Waals surface area contributed by atoms with Gasteiger partial charge >= 0.3 is 0 Å². The fourth-order valence-electron chi connectivity index (χ4n) is 2.58. The molecule has 0 unspecified atom stereocenters. The summed E-state index contributed by atoms with van der Waals surface area (Å²) in [5.74, 6) is 0.340. The highest BCUT2D eigenvalue weighted by Crippen LogP contribution is 2.21. The Morgan fingerprint density at radius 3 is 2.78 bits per heavy atom. The van der Waals surface area contributed by atoms with Gasteiger partial charge in [-0.05, 0) is 36.8 Å². The van der Waals surface area contributed by atoms with Gasteiger partial charge in [-0.3, -0.25) is 4.79 Å². The number of nitrogens with one attached hydrogen (secondary N) is 1. The van der Waals surface area contributed by atoms with Crippen LogP contribution >= 0.6 is 11.3 Å². The van der Waals surface area contributed by atoms with E-state index in [1.54, 1.807) is 12.4 Å². The van der Waals surface area contributed by atoms with Gasteiger partial charge in [-0.2, -0.15) is 5.10 Å². The van der Waals surface area contributed by atoms with Gasteiger partial charge in [0.25, 0.3) is 5.91 Å². The standard InChI is InChI=1S/C20H22N4O2S/c1-3-24(4-2)20-21-12-18(27-20)13-22-23-19(25)14-26-17-10-9-15-7-5-6-8-16(15)11-17/h5-13H,3-4,14H2,1-2H3,(H,23,25)/b22-13-. The summed E-state index contributed by atoms with van der Waals surface area (Å²) >= 11 is 1.54. The van der Waals surface area contributed by atoms with Gasteiger partial charge in [0.1, 0.15) is 5.75 Å². The molecule has 1 aromatic heterocycles. The van der Waals surface area contributed by atoms with Gasteiger partial charge in [0.15, 0.2) is 11.7 Å². The number of nitrogens with zero attached hydrogens (tertiary/aromatic N) is 3. The van der Waals surface area contributed by atoms with E-state index >= 15 is 0 Å². The van der Waals surface area contributed by atoms with E-state index in [-0.39, 0.29) is 12.5 Å². The highest BCUT2D eigenvalue weighted by molar-refractivity contribution is 7.17. The zero-order valence-corrected chi connectivity index (χ0v) is 16.2. The number of ether oxygens (including phenoxy) is 1. The van der Waals surface area contributed by atoms with Crippen LogP contribution in [0.5, 0.6) is 5.75 Å². The van der Waals surface area contributed by atoms with E-state index in [4.69, 9.17) is 4.74 Å². The predicted octanol–water partition coefficient (Wildman–Crippen LogP) is 3.67. The number of hydrazone groups is 1. The molecule has 3 rings (SSSR count). The first kappa shape index (κ1) is 18.8. The number of hydrogen-bond acceptors (Lipinski definition) is 6. The van der Waals surface area contributed by atoms with Crippen LogP contribution in [-0.2, 0) is 4.79 Å². The van der Waals surface area contributed by atoms with Crippen LogP contribution in [-0.4, -0.2) is 36.8 Å². The fourth-order valence-corrected chi connectivity index (χ4v) is 3.50. The molecule has 0 aliphatic carbocycles. The number of aromatic nitrogens is 1. The number of benzene rings is 2. The molecule has 7 heteroatoms. The number of carbonyl (C=O) groups excluding carboxylic acids is 1. The molecular weight excluding hydrogens is 360 g/mol. The Morgan fingerprint density at radius 2 is 2.00 bits per heavy atom. The molecule has 140 valence electrons. The predicted molar refractivity (Wildman–Crippen MR) is 111 cm³/mol. The summed E-state index contributed by atoms with van der Waals surface area (Å²) in [5, 5.41) is 7.13. The van der Waals surface area contributed by atoms with Crippen molar-refractivity contribution in [1.29, 1.82) is 0 Å². The van der Waals surface area contributed by atoms with Gasteiger partial charge in [-0.25, -0.2) is 10.4 Å². The molecule has 2 aromatic carbocycles. The van der Waals surface area contributed by atoms with Crippen LogP contribution in [0.25, 0.3) is 10.8 Å². The number of rotatable bonds is 8. The molecule has 0 fully saturated rings. The summed E-state index contributed by atoms with van der Waals surface area (Å²) in [6.45, 7) is 5.90. The Morgan fingerprint density at radius 1 is 1.22 bits per heavy atom. The van der Waals surface area contributed by atoms with E-state index in [2.05, 4.69) is 34.3 Å². The van der Waals surface area contributed by atoms with Crippen LogP contribution < -0.4 is 15.1 Å². The molecule has 0 atom stereocenters. The maximum Gasteiger partial charge on any atom is 0.277 e. The first-order valence-corrected chi connectivity index (χ1v) is 9.65. The van der Waals surface area contributed by atoms with Crippen molar-refractivity contribution in [1.82, 2.24) is 10.4 Å². The molecule has 6 nitrogen and oxygen atoms in total. The Labute approximate surface area is 162 Å². The van der Waals surface area contributed by atoms with E-state index in [1.165, 1.54) is 11.3 Å². The lowest BCUT2D eigenvalue weighted by Crippen LogP contribution is -2.24. The minimum Gasteiger partial charge on any atom is -0.484 e. The molecule has 1 amide bonds. The normalized spacial score (nSPS) is 11.0. The topological polar surface area (TPSA) is 66.8 Å². The molecule has 0 radical (unpaired) electrons. The molecule has 0 bridgehead atoms. The van der Waals surface area contributed by atoms with Crippen LogP contribution in [0.15, 0.2) is 53.8 Å². The summed E-state index contributed by atoms with van der Waals surface area (Å²) in [5.41, 5.74) is 2.48. The van der Waals surface area contributed by atoms with Gasteiger partial charge in [-0.15, -0.1) is 0 Å². The van der Waals surface area contributed by atoms with Crippen molar-refractivity contribution in [3.63, 3.8) is 0 Å². The van der Waals surface area contributed by atoms with Crippen LogP contribution in [0.1, 0.15) is 18.7 Å². The zero-order chi connectivity index (χ0) is 19.1. The van der Waals surface area contributed by atoms with Crippen molar-refractivity contribution in [3.8, 4) is 5.75 Å². The third-order valence-electron chi connectivity index (χ3n) is 4.02. The van der Waals surface area contributed by atoms with Gasteiger partial charge in [0.05, 0.1) is 11.1 Å². The van der Waals surface area contributed by atoms with Gasteiger partial charge in [0, 0.05) is 19.3 Å². The van der Waals surface area contributed by atoms with Crippen LogP contribution in [0.3, 0.4) is 0 Å². The van der Waals surface area contributed by atoms with Gasteiger partial charge in [-0.1, -0.05) is 41.7 Å². The maximum absolute atomic E-state index is 11.9. The Bertz CT molecular complexity index is 934. The molecule has 0 saturated carbocycles. The first-order valence-electron chi connectivity index (χ1n) is 8.84. The average molecular weight is 382 g/mol. The number of thiazole rings is 1. The third kappa shape index (κ3) is 5.04. The number of carbonyl (C=O) groups is 1. The summed E-state index contributed by atoms with van der Waals surface area (Å²) in [4.78, 5) is 19.3.